The van der Waals surface area contributed by atoms with Gasteiger partial charge in [-0.15, -0.1) is 0 Å². The molecule has 450 valence electrons. The predicted octanol–water partition coefficient (Wildman–Crippen LogP) is 6.53. The number of para-hydroxylation sites is 1. The van der Waals surface area contributed by atoms with Crippen LogP contribution in [-0.2, 0) is 19.1 Å². The number of hydrogen-bond acceptors (Lipinski definition) is 11. The fraction of sp³-hybridized carbons (Fsp3) is 0.328. The molecule has 0 aliphatic carbocycles. The van der Waals surface area contributed by atoms with Crippen LogP contribution in [0, 0.1) is 0 Å². The van der Waals surface area contributed by atoms with Crippen LogP contribution in [0.25, 0.3) is 21.5 Å². The fourth-order valence-corrected chi connectivity index (χ4v) is 10.8. The molecule has 6 atom stereocenters. The van der Waals surface area contributed by atoms with Crippen LogP contribution >= 0.6 is 0 Å². The summed E-state index contributed by atoms with van der Waals surface area (Å²) in [4.78, 5) is 78.6. The zero-order valence-corrected chi connectivity index (χ0v) is 48.8. The molecule has 7 aromatic rings. The van der Waals surface area contributed by atoms with Gasteiger partial charge < -0.3 is 63.5 Å². The lowest BCUT2D eigenvalue weighted by molar-refractivity contribution is -0.146. The van der Waals surface area contributed by atoms with Gasteiger partial charge >= 0.3 is 5.97 Å². The Bertz CT molecular complexity index is 3400. The lowest BCUT2D eigenvalue weighted by Gasteiger charge is -2.29. The Hall–Kier alpha value is -9.33. The first-order valence-electron chi connectivity index (χ1n) is 29.5. The minimum absolute atomic E-state index is 0.00403. The first-order chi connectivity index (χ1) is 41.8. The summed E-state index contributed by atoms with van der Waals surface area (Å²) in [5.41, 5.74) is 24.9. The average molecular weight is 1170 g/mol. The van der Waals surface area contributed by atoms with Crippen LogP contribution in [0.1, 0.15) is 89.3 Å². The van der Waals surface area contributed by atoms with E-state index in [1.807, 2.05) is 181 Å². The highest BCUT2D eigenvalue weighted by Crippen LogP contribution is 2.26. The first kappa shape index (κ1) is 62.7. The van der Waals surface area contributed by atoms with E-state index in [2.05, 4.69) is 31.3 Å². The molecule has 2 unspecified atom stereocenters. The molecule has 2 aliphatic heterocycles. The molecule has 19 nitrogen and oxygen atoms in total. The normalized spacial score (nSPS) is 17.6. The molecule has 0 spiro atoms. The third-order valence-electron chi connectivity index (χ3n) is 15.3. The van der Waals surface area contributed by atoms with Gasteiger partial charge in [0.25, 0.3) is 11.8 Å². The zero-order chi connectivity index (χ0) is 60.6. The lowest BCUT2D eigenvalue weighted by Crippen LogP contribution is -2.49. The van der Waals surface area contributed by atoms with Crippen molar-refractivity contribution < 1.29 is 33.4 Å². The molecule has 2 heterocycles. The first-order valence-corrected chi connectivity index (χ1v) is 29.5. The predicted molar refractivity (Wildman–Crippen MR) is 338 cm³/mol. The van der Waals surface area contributed by atoms with Crippen molar-refractivity contribution in [3.63, 3.8) is 0 Å². The molecule has 7 aromatic carbocycles. The zero-order valence-electron chi connectivity index (χ0n) is 48.8. The number of rotatable bonds is 24. The Morgan fingerprint density at radius 3 is 1.45 bits per heavy atom. The number of nitrogens with two attached hydrogens (primary N) is 4. The lowest BCUT2D eigenvalue weighted by atomic mass is 9.98. The quantitative estimate of drug-likeness (QED) is 0.0138. The molecule has 0 radical (unpaired) electrons. The molecular formula is C67H80N12O7. The number of guanidine groups is 2. The molecule has 86 heavy (non-hydrogen) atoms. The van der Waals surface area contributed by atoms with E-state index in [4.69, 9.17) is 32.4 Å². The third-order valence-corrected chi connectivity index (χ3v) is 15.3. The van der Waals surface area contributed by atoms with Crippen LogP contribution in [0.4, 0.5) is 0 Å². The molecule has 19 heteroatoms. The monoisotopic (exact) mass is 1160 g/mol. The highest BCUT2D eigenvalue weighted by atomic mass is 16.5. The maximum absolute atomic E-state index is 14.0. The number of esters is 1. The van der Waals surface area contributed by atoms with Crippen LogP contribution in [0.2, 0.25) is 0 Å². The molecule has 9 rings (SSSR count). The molecule has 12 N–H and O–H groups in total. The van der Waals surface area contributed by atoms with E-state index >= 15 is 0 Å². The van der Waals surface area contributed by atoms with Crippen LogP contribution in [-0.4, -0.2) is 134 Å². The minimum atomic E-state index is -0.610. The smallest absolute Gasteiger partial charge is 0.315 e. The summed E-state index contributed by atoms with van der Waals surface area (Å²) in [6.45, 7) is 5.12. The van der Waals surface area contributed by atoms with Crippen LogP contribution in [0.3, 0.4) is 0 Å². The highest BCUT2D eigenvalue weighted by Gasteiger charge is 2.36. The van der Waals surface area contributed by atoms with Gasteiger partial charge in [-0.2, -0.15) is 0 Å². The van der Waals surface area contributed by atoms with E-state index in [1.165, 1.54) is 0 Å². The molecule has 2 saturated heterocycles. The van der Waals surface area contributed by atoms with Gasteiger partial charge in [-0.05, 0) is 115 Å². The minimum Gasteiger partial charge on any atom is -0.484 e. The van der Waals surface area contributed by atoms with Gasteiger partial charge in [0, 0.05) is 69.0 Å². The van der Waals surface area contributed by atoms with E-state index in [0.717, 1.165) is 38.4 Å². The number of carbonyl (C=O) groups excluding carboxylic acids is 5. The number of hydrogen-bond donors (Lipinski definition) is 8. The van der Waals surface area contributed by atoms with Crippen LogP contribution in [0.15, 0.2) is 186 Å². The maximum atomic E-state index is 14.0. The van der Waals surface area contributed by atoms with Crippen molar-refractivity contribution in [3.05, 3.63) is 198 Å². The molecule has 0 saturated carbocycles. The van der Waals surface area contributed by atoms with Crippen molar-refractivity contribution in [2.75, 3.05) is 59.0 Å². The van der Waals surface area contributed by atoms with Crippen LogP contribution < -0.4 is 48.9 Å². The molecule has 2 aliphatic rings. The van der Waals surface area contributed by atoms with Crippen molar-refractivity contribution in [2.24, 2.45) is 32.9 Å². The van der Waals surface area contributed by atoms with Crippen molar-refractivity contribution in [1.29, 1.82) is 0 Å². The van der Waals surface area contributed by atoms with Crippen molar-refractivity contribution in [2.45, 2.75) is 81.6 Å². The maximum Gasteiger partial charge on any atom is 0.315 e. The number of ether oxygens (including phenoxy) is 2. The fourth-order valence-electron chi connectivity index (χ4n) is 10.8. The summed E-state index contributed by atoms with van der Waals surface area (Å²) in [6, 6.07) is 54.9. The van der Waals surface area contributed by atoms with Crippen molar-refractivity contribution in [3.8, 4) is 5.75 Å². The topological polar surface area (TPSA) is 287 Å². The summed E-state index contributed by atoms with van der Waals surface area (Å²) in [7, 11) is 0. The Morgan fingerprint density at radius 1 is 0.558 bits per heavy atom. The van der Waals surface area contributed by atoms with Crippen LogP contribution in [0.5, 0.6) is 5.75 Å². The average Bonchev–Trinajstić information content (AvgIpc) is 3.88. The molecule has 2 fully saturated rings. The Labute approximate surface area is 503 Å². The number of benzene rings is 7. The molecule has 4 amide bonds. The van der Waals surface area contributed by atoms with Gasteiger partial charge in [0.1, 0.15) is 11.9 Å². The van der Waals surface area contributed by atoms with Gasteiger partial charge in [-0.1, -0.05) is 140 Å². The summed E-state index contributed by atoms with van der Waals surface area (Å²) in [5.74, 6) is -0.621. The van der Waals surface area contributed by atoms with Crippen molar-refractivity contribution >= 4 is 63.1 Å². The van der Waals surface area contributed by atoms with E-state index in [9.17, 15) is 24.0 Å². The summed E-state index contributed by atoms with van der Waals surface area (Å²) < 4.78 is 11.8. The Kier molecular flexibility index (Phi) is 23.4. The number of fused-ring (bicyclic) bond motifs is 2. The third kappa shape index (κ3) is 18.6. The Balaban J connectivity index is 0.000000224. The van der Waals surface area contributed by atoms with Gasteiger partial charge in [-0.25, -0.2) is 0 Å². The van der Waals surface area contributed by atoms with E-state index < -0.39 is 18.0 Å². The molecular weight excluding hydrogens is 1080 g/mol. The number of nitrogens with one attached hydrogen (secondary N) is 4. The second-order valence-corrected chi connectivity index (χ2v) is 21.5. The molecule has 0 aromatic heterocycles. The van der Waals surface area contributed by atoms with E-state index in [-0.39, 0.29) is 72.9 Å². The van der Waals surface area contributed by atoms with Gasteiger partial charge in [0.05, 0.1) is 31.2 Å². The summed E-state index contributed by atoms with van der Waals surface area (Å²) >= 11 is 0. The standard InChI is InChI=1S/C35H40N6O3.C32H40N6O4/c36-35(37)38-20-9-16-31-34(43)41(24-32(26-11-3-1-4-12-26)44-30-14-5-2-6-15-30)21-19-29(40-31)23-39-33(42)28-18-17-25-10-7-8-13-27(25)22-28;1-2-42-31(41)27(23-10-4-3-5-11-23)21-38-18-16-26(37-28(30(38)40)13-8-17-35-32(33)34)20-36-29(39)25-15-14-22-9-6-7-12-24(22)19-25/h1-8,10-15,17-18,22,29,31-32,40H,9,16,19-21,23-24H2,(H,39,42)(H4,36,37,38);3-7,9-12,14-15,19,26-28,37H,2,8,13,16-18,20-21H2,1H3,(H,36,39)(H4,33,34,35)/t29-,31-,32?;26-,27?,28-/m00/s1. The Morgan fingerprint density at radius 2 is 0.988 bits per heavy atom. The van der Waals surface area contributed by atoms with E-state index in [0.29, 0.717) is 95.5 Å². The second kappa shape index (κ2) is 32.1. The summed E-state index contributed by atoms with van der Waals surface area (Å²) in [5, 5.41) is 17.3. The van der Waals surface area contributed by atoms with E-state index in [1.54, 1.807) is 11.8 Å². The SMILES string of the molecule is CCOC(=O)C(CN1CC[C@@H](CNC(=O)c2ccc3ccccc3c2)N[C@@H](CCCN=C(N)N)C1=O)c1ccccc1.NC(N)=NCCC[C@@H]1N[C@H](CNC(=O)c2ccc3ccccc3c2)CCN(CC(Oc2ccccc2)c2ccccc2)C1=O. The van der Waals surface area contributed by atoms with Gasteiger partial charge in [0.2, 0.25) is 11.8 Å². The largest absolute Gasteiger partial charge is 0.484 e. The highest BCUT2D eigenvalue weighted by molar-refractivity contribution is 5.99. The summed E-state index contributed by atoms with van der Waals surface area (Å²) in [6.07, 6.45) is 3.18. The number of nitrogens with zero attached hydrogens (tertiary/aromatic N) is 4. The number of carbonyl (C=O) groups is 5. The number of amides is 4. The van der Waals surface area contributed by atoms with Crippen molar-refractivity contribution in [1.82, 2.24) is 31.1 Å². The second-order valence-electron chi connectivity index (χ2n) is 21.5. The molecule has 0 bridgehead atoms. The van der Waals surface area contributed by atoms with Gasteiger partial charge in [-0.3, -0.25) is 34.0 Å². The number of aliphatic imine (C=N–C) groups is 2. The van der Waals surface area contributed by atoms with Gasteiger partial charge in [0.15, 0.2) is 11.9 Å².